The summed E-state index contributed by atoms with van der Waals surface area (Å²) in [6.07, 6.45) is 13.9. The maximum absolute atomic E-state index is 14.1. The average Bonchev–Trinajstić information content (AvgIpc) is 3.31. The Balaban J connectivity index is 1.64. The summed E-state index contributed by atoms with van der Waals surface area (Å²) in [7, 11) is 2.70. The van der Waals surface area contributed by atoms with Crippen molar-refractivity contribution < 1.29 is 59.1 Å². The van der Waals surface area contributed by atoms with E-state index in [4.69, 9.17) is 0 Å². The number of benzene rings is 2. The van der Waals surface area contributed by atoms with Crippen molar-refractivity contribution >= 4 is 41.4 Å². The predicted octanol–water partition coefficient (Wildman–Crippen LogP) is 2.20. The summed E-state index contributed by atoms with van der Waals surface area (Å²) in [6, 6.07) is 1.83. The van der Waals surface area contributed by atoms with Gasteiger partial charge in [0.25, 0.3) is 0 Å². The van der Waals surface area contributed by atoms with E-state index in [-0.39, 0.29) is 53.5 Å². The number of aliphatic hydroxyl groups excluding tert-OH is 3. The Morgan fingerprint density at radius 2 is 1.31 bits per heavy atom. The lowest BCUT2D eigenvalue weighted by molar-refractivity contribution is -0.142. The lowest BCUT2D eigenvalue weighted by atomic mass is 9.93. The molecule has 1 aliphatic heterocycles. The normalized spacial score (nSPS) is 17.3. The van der Waals surface area contributed by atoms with Gasteiger partial charge in [-0.2, -0.15) is 0 Å². The van der Waals surface area contributed by atoms with Gasteiger partial charge in [0, 0.05) is 44.6 Å². The van der Waals surface area contributed by atoms with Crippen LogP contribution in [0.15, 0.2) is 36.4 Å². The molecule has 0 saturated carbocycles. The Bertz CT molecular complexity index is 2000. The molecule has 6 atom stereocenters. The zero-order valence-electron chi connectivity index (χ0n) is 40.4. The number of likely N-dealkylation sites (N-methyl/N-ethyl adjacent to an activating group) is 2. The Morgan fingerprint density at radius 3 is 1.90 bits per heavy atom. The van der Waals surface area contributed by atoms with Crippen molar-refractivity contribution in [3.63, 3.8) is 0 Å². The van der Waals surface area contributed by atoms with Crippen LogP contribution in [0.2, 0.25) is 0 Å². The Kier molecular flexibility index (Phi) is 24.3. The molecule has 2 aromatic carbocycles. The second kappa shape index (κ2) is 29.2. The van der Waals surface area contributed by atoms with E-state index in [1.54, 1.807) is 0 Å². The van der Waals surface area contributed by atoms with Crippen molar-refractivity contribution in [1.82, 2.24) is 36.4 Å². The van der Waals surface area contributed by atoms with Gasteiger partial charge in [-0.25, -0.2) is 0 Å². The quantitative estimate of drug-likeness (QED) is 0.0608. The summed E-state index contributed by atoms with van der Waals surface area (Å²) in [5.74, 6) is -5.62. The highest BCUT2D eigenvalue weighted by atomic mass is 16.3. The summed E-state index contributed by atoms with van der Waals surface area (Å²) >= 11 is 0. The van der Waals surface area contributed by atoms with E-state index in [1.807, 2.05) is 0 Å². The highest BCUT2D eigenvalue weighted by molar-refractivity contribution is 5.97. The van der Waals surface area contributed by atoms with Crippen LogP contribution < -0.4 is 26.6 Å². The molecule has 0 saturated heterocycles. The van der Waals surface area contributed by atoms with E-state index in [1.165, 1.54) is 122 Å². The third kappa shape index (κ3) is 17.7. The van der Waals surface area contributed by atoms with E-state index in [9.17, 15) is 59.1 Å². The van der Waals surface area contributed by atoms with E-state index in [0.29, 0.717) is 12.0 Å². The Morgan fingerprint density at radius 1 is 0.735 bits per heavy atom. The molecule has 1 aliphatic rings. The molecule has 7 amide bonds. The SMILES string of the molecule is CCCCCCCCCCCCCCCC(=O)N(C)C(CO)C(=O)N[C@H](C)C(=O)NCC(=O)N(C)[C@@H]1C(=O)N[C@@H](C)C(=O)NC(C(=O)NCC(O)CO)Cc2ccc(O)c(c2)-c2cc1ccc2O. The number of nitrogens with zero attached hydrogens (tertiary/aromatic N) is 2. The molecule has 0 spiro atoms. The molecule has 0 aliphatic carbocycles. The first-order valence-corrected chi connectivity index (χ1v) is 24.0. The van der Waals surface area contributed by atoms with Crippen molar-refractivity contribution in [3.05, 3.63) is 47.5 Å². The number of unbranched alkanes of at least 4 members (excludes halogenated alkanes) is 12. The third-order valence-corrected chi connectivity index (χ3v) is 12.3. The molecule has 68 heavy (non-hydrogen) atoms. The summed E-state index contributed by atoms with van der Waals surface area (Å²) < 4.78 is 0. The molecule has 0 fully saturated rings. The molecule has 0 radical (unpaired) electrons. The van der Waals surface area contributed by atoms with Gasteiger partial charge in [0.1, 0.15) is 41.7 Å². The smallest absolute Gasteiger partial charge is 0.248 e. The van der Waals surface area contributed by atoms with Crippen LogP contribution >= 0.6 is 0 Å². The van der Waals surface area contributed by atoms with Gasteiger partial charge in [-0.3, -0.25) is 33.6 Å². The van der Waals surface area contributed by atoms with Crippen LogP contribution in [-0.4, -0.2) is 147 Å². The molecule has 378 valence electrons. The first-order chi connectivity index (χ1) is 32.4. The number of aliphatic hydroxyl groups is 3. The van der Waals surface area contributed by atoms with Crippen LogP contribution in [0.25, 0.3) is 11.1 Å². The fourth-order valence-corrected chi connectivity index (χ4v) is 7.91. The van der Waals surface area contributed by atoms with Gasteiger partial charge in [0.15, 0.2) is 0 Å². The standard InChI is InChI=1S/C49H75N7O12/c1-6-7-8-9-10-11-12-13-14-15-16-17-18-19-42(62)55(4)39(30-58)48(67)52-31(2)45(64)51-28-43(63)56(5)44-34-21-23-41(61)37(26-34)36-24-33(20-22-40(36)60)25-38(47(66)50-27-35(59)29-57)54-46(65)32(3)53-49(44)68/h20-24,26,31-32,35,38-39,44,57-61H,6-19,25,27-30H2,1-5H3,(H,50,66)(H,51,64)(H,52,67)(H,53,68)(H,54,65)/t31-,32+,35?,38?,39?,44+/m1/s1. The summed E-state index contributed by atoms with van der Waals surface area (Å²) in [5, 5.41) is 63.5. The number of phenolic OH excluding ortho intramolecular Hbond substituents is 2. The Hall–Kier alpha value is -5.79. The van der Waals surface area contributed by atoms with Crippen molar-refractivity contribution in [2.45, 2.75) is 153 Å². The van der Waals surface area contributed by atoms with Crippen molar-refractivity contribution in [2.75, 3.05) is 40.4 Å². The number of carbonyl (C=O) groups excluding carboxylic acids is 7. The van der Waals surface area contributed by atoms with Crippen LogP contribution in [0, 0.1) is 0 Å². The fourth-order valence-electron chi connectivity index (χ4n) is 7.91. The van der Waals surface area contributed by atoms with Crippen LogP contribution in [0.3, 0.4) is 0 Å². The number of amides is 7. The van der Waals surface area contributed by atoms with Crippen molar-refractivity contribution in [2.24, 2.45) is 0 Å². The van der Waals surface area contributed by atoms with Crippen molar-refractivity contribution in [3.8, 4) is 22.6 Å². The zero-order chi connectivity index (χ0) is 50.3. The lowest BCUT2D eigenvalue weighted by Gasteiger charge is -2.30. The second-order valence-electron chi connectivity index (χ2n) is 17.8. The molecular formula is C49H75N7O12. The lowest BCUT2D eigenvalue weighted by Crippen LogP contribution is -2.56. The van der Waals surface area contributed by atoms with E-state index in [0.717, 1.165) is 29.1 Å². The first kappa shape index (κ1) is 56.5. The highest BCUT2D eigenvalue weighted by Crippen LogP contribution is 2.38. The minimum absolute atomic E-state index is 0.0627. The maximum Gasteiger partial charge on any atom is 0.248 e. The molecule has 1 heterocycles. The largest absolute Gasteiger partial charge is 0.507 e. The summed E-state index contributed by atoms with van der Waals surface area (Å²) in [5.41, 5.74) is 0.749. The van der Waals surface area contributed by atoms with E-state index >= 15 is 0 Å². The molecule has 19 nitrogen and oxygen atoms in total. The minimum Gasteiger partial charge on any atom is -0.507 e. The number of fused-ring (bicyclic) bond motifs is 5. The number of hydrogen-bond donors (Lipinski definition) is 10. The number of hydrogen-bond acceptors (Lipinski definition) is 12. The van der Waals surface area contributed by atoms with Gasteiger partial charge in [0.05, 0.1) is 25.9 Å². The highest BCUT2D eigenvalue weighted by Gasteiger charge is 2.34. The Labute approximate surface area is 399 Å². The van der Waals surface area contributed by atoms with Gasteiger partial charge in [0.2, 0.25) is 41.4 Å². The summed E-state index contributed by atoms with van der Waals surface area (Å²) in [4.78, 5) is 96.0. The summed E-state index contributed by atoms with van der Waals surface area (Å²) in [6.45, 7) is 2.63. The van der Waals surface area contributed by atoms with Gasteiger partial charge in [-0.15, -0.1) is 0 Å². The number of aromatic hydroxyl groups is 2. The third-order valence-electron chi connectivity index (χ3n) is 12.3. The van der Waals surface area contributed by atoms with E-state index < -0.39 is 91.5 Å². The number of nitrogens with one attached hydrogen (secondary N) is 5. The van der Waals surface area contributed by atoms with Crippen LogP contribution in [0.1, 0.15) is 128 Å². The maximum atomic E-state index is 14.1. The molecule has 3 unspecified atom stereocenters. The number of carbonyl (C=O) groups is 7. The van der Waals surface area contributed by atoms with Crippen LogP contribution in [-0.2, 0) is 40.0 Å². The zero-order valence-corrected chi connectivity index (χ0v) is 40.4. The molecule has 10 N–H and O–H groups in total. The topological polar surface area (TPSA) is 287 Å². The molecular weight excluding hydrogens is 879 g/mol. The van der Waals surface area contributed by atoms with Gasteiger partial charge in [-0.05, 0) is 55.7 Å². The molecule has 3 rings (SSSR count). The second-order valence-corrected chi connectivity index (χ2v) is 17.8. The predicted molar refractivity (Wildman–Crippen MR) is 255 cm³/mol. The first-order valence-electron chi connectivity index (χ1n) is 24.0. The van der Waals surface area contributed by atoms with Crippen LogP contribution in [0.4, 0.5) is 0 Å². The molecule has 2 aromatic rings. The minimum atomic E-state index is -1.49. The van der Waals surface area contributed by atoms with E-state index in [2.05, 4.69) is 33.5 Å². The van der Waals surface area contributed by atoms with Gasteiger partial charge >= 0.3 is 0 Å². The number of phenols is 2. The van der Waals surface area contributed by atoms with Gasteiger partial charge in [-0.1, -0.05) is 96.1 Å². The average molecular weight is 954 g/mol. The van der Waals surface area contributed by atoms with Gasteiger partial charge < -0.3 is 61.9 Å². The van der Waals surface area contributed by atoms with Crippen LogP contribution in [0.5, 0.6) is 11.5 Å². The molecule has 0 aromatic heterocycles. The van der Waals surface area contributed by atoms with Crippen molar-refractivity contribution in [1.29, 1.82) is 0 Å². The number of rotatable bonds is 26. The molecule has 4 bridgehead atoms. The molecule has 19 heteroatoms. The monoisotopic (exact) mass is 954 g/mol. The fraction of sp³-hybridized carbons (Fsp3) is 0.612.